The molecule has 0 bridgehead atoms. The van der Waals surface area contributed by atoms with Crippen LogP contribution < -0.4 is 5.73 Å². The molecule has 0 aliphatic rings. The zero-order valence-corrected chi connectivity index (χ0v) is 9.49. The van der Waals surface area contributed by atoms with E-state index in [-0.39, 0.29) is 12.0 Å². The van der Waals surface area contributed by atoms with Crippen LogP contribution in [0.1, 0.15) is 11.1 Å². The summed E-state index contributed by atoms with van der Waals surface area (Å²) in [4.78, 5) is 11.0. The average molecular weight is 263 g/mol. The molecular formula is C11H12F3NO3. The second-order valence-corrected chi connectivity index (χ2v) is 3.68. The number of phenols is 1. The summed E-state index contributed by atoms with van der Waals surface area (Å²) in [6.07, 6.45) is -4.76. The zero-order chi connectivity index (χ0) is 13.9. The predicted molar refractivity (Wildman–Crippen MR) is 56.8 cm³/mol. The van der Waals surface area contributed by atoms with Crippen LogP contribution in [0.3, 0.4) is 0 Å². The molecule has 1 aromatic rings. The Hall–Kier alpha value is -1.76. The summed E-state index contributed by atoms with van der Waals surface area (Å²) in [5.74, 6) is -1.57. The number of nitrogens with two attached hydrogens (primary N) is 1. The molecular weight excluding hydrogens is 251 g/mol. The minimum absolute atomic E-state index is 0.101. The largest absolute Gasteiger partial charge is 0.507 e. The molecule has 1 rings (SSSR count). The first-order chi connectivity index (χ1) is 8.25. The van der Waals surface area contributed by atoms with Crippen LogP contribution >= 0.6 is 0 Å². The summed E-state index contributed by atoms with van der Waals surface area (Å²) in [5, 5.41) is 9.12. The molecule has 1 unspecified atom stereocenters. The summed E-state index contributed by atoms with van der Waals surface area (Å²) in [5.41, 5.74) is 4.48. The van der Waals surface area contributed by atoms with E-state index in [1.54, 1.807) is 0 Å². The minimum atomic E-state index is -4.66. The minimum Gasteiger partial charge on any atom is -0.507 e. The fourth-order valence-corrected chi connectivity index (χ4v) is 1.43. The number of hydrogen-bond acceptors (Lipinski definition) is 4. The number of carbonyl (C=O) groups is 1. The first-order valence-corrected chi connectivity index (χ1v) is 4.98. The van der Waals surface area contributed by atoms with Gasteiger partial charge in [0.25, 0.3) is 0 Å². The normalized spacial score (nSPS) is 13.2. The van der Waals surface area contributed by atoms with Gasteiger partial charge in [-0.15, -0.1) is 0 Å². The standard InChI is InChI=1S/C11H12F3NO3/c1-18-10(17)8(15)5-6-2-3-9(16)7(4-6)11(12,13)14/h2-4,8,16H,5,15H2,1H3. The van der Waals surface area contributed by atoms with Gasteiger partial charge < -0.3 is 15.6 Å². The molecule has 1 atom stereocenters. The summed E-state index contributed by atoms with van der Waals surface area (Å²) in [6, 6.07) is 1.91. The first kappa shape index (κ1) is 14.3. The van der Waals surface area contributed by atoms with Crippen molar-refractivity contribution in [1.82, 2.24) is 0 Å². The molecule has 7 heteroatoms. The van der Waals surface area contributed by atoms with Crippen LogP contribution in [-0.4, -0.2) is 24.2 Å². The van der Waals surface area contributed by atoms with E-state index in [0.29, 0.717) is 0 Å². The molecule has 0 aliphatic carbocycles. The third kappa shape index (κ3) is 3.36. The number of methoxy groups -OCH3 is 1. The fourth-order valence-electron chi connectivity index (χ4n) is 1.43. The molecule has 0 radical (unpaired) electrons. The lowest BCUT2D eigenvalue weighted by molar-refractivity contribution is -0.142. The van der Waals surface area contributed by atoms with Crippen LogP contribution in [-0.2, 0) is 22.1 Å². The number of aromatic hydroxyl groups is 1. The molecule has 1 aromatic carbocycles. The third-order valence-corrected chi connectivity index (χ3v) is 2.33. The van der Waals surface area contributed by atoms with Gasteiger partial charge in [-0.25, -0.2) is 0 Å². The van der Waals surface area contributed by atoms with E-state index in [1.807, 2.05) is 0 Å². The Morgan fingerprint density at radius 1 is 1.50 bits per heavy atom. The maximum absolute atomic E-state index is 12.5. The van der Waals surface area contributed by atoms with Crippen LogP contribution in [0.15, 0.2) is 18.2 Å². The number of carbonyl (C=O) groups excluding carboxylic acids is 1. The quantitative estimate of drug-likeness (QED) is 0.810. The second-order valence-electron chi connectivity index (χ2n) is 3.68. The molecule has 0 saturated heterocycles. The average Bonchev–Trinajstić information content (AvgIpc) is 2.29. The maximum atomic E-state index is 12.5. The van der Waals surface area contributed by atoms with Crippen molar-refractivity contribution in [2.75, 3.05) is 7.11 Å². The smallest absolute Gasteiger partial charge is 0.419 e. The van der Waals surface area contributed by atoms with Crippen LogP contribution in [0.4, 0.5) is 13.2 Å². The molecule has 4 nitrogen and oxygen atoms in total. The van der Waals surface area contributed by atoms with Crippen molar-refractivity contribution in [3.8, 4) is 5.75 Å². The number of alkyl halides is 3. The molecule has 3 N–H and O–H groups in total. The number of esters is 1. The van der Waals surface area contributed by atoms with Crippen molar-refractivity contribution in [3.63, 3.8) is 0 Å². The Balaban J connectivity index is 2.96. The molecule has 0 amide bonds. The van der Waals surface area contributed by atoms with Gasteiger partial charge >= 0.3 is 12.1 Å². The van der Waals surface area contributed by atoms with Gasteiger partial charge in [0, 0.05) is 0 Å². The van der Waals surface area contributed by atoms with E-state index in [1.165, 1.54) is 6.07 Å². The van der Waals surface area contributed by atoms with Gasteiger partial charge in [0.05, 0.1) is 12.7 Å². The van der Waals surface area contributed by atoms with Gasteiger partial charge in [0.15, 0.2) is 0 Å². The molecule has 0 fully saturated rings. The van der Waals surface area contributed by atoms with Crippen molar-refractivity contribution in [2.24, 2.45) is 5.73 Å². The zero-order valence-electron chi connectivity index (χ0n) is 9.49. The van der Waals surface area contributed by atoms with Crippen molar-refractivity contribution in [1.29, 1.82) is 0 Å². The van der Waals surface area contributed by atoms with E-state index < -0.39 is 29.5 Å². The third-order valence-electron chi connectivity index (χ3n) is 2.33. The van der Waals surface area contributed by atoms with Gasteiger partial charge in [0.2, 0.25) is 0 Å². The lowest BCUT2D eigenvalue weighted by atomic mass is 10.0. The number of ether oxygens (including phenoxy) is 1. The van der Waals surface area contributed by atoms with Gasteiger partial charge in [0.1, 0.15) is 11.8 Å². The van der Waals surface area contributed by atoms with Crippen molar-refractivity contribution >= 4 is 5.97 Å². The number of rotatable bonds is 3. The fraction of sp³-hybridized carbons (Fsp3) is 0.364. The number of halogens is 3. The van der Waals surface area contributed by atoms with Crippen LogP contribution in [0.25, 0.3) is 0 Å². The number of benzene rings is 1. The van der Waals surface area contributed by atoms with E-state index >= 15 is 0 Å². The highest BCUT2D eigenvalue weighted by molar-refractivity contribution is 5.75. The van der Waals surface area contributed by atoms with Gasteiger partial charge in [-0.3, -0.25) is 4.79 Å². The highest BCUT2D eigenvalue weighted by Crippen LogP contribution is 2.36. The van der Waals surface area contributed by atoms with Crippen LogP contribution in [0, 0.1) is 0 Å². The number of phenolic OH excluding ortho intramolecular Hbond substituents is 1. The Bertz CT molecular complexity index is 446. The molecule has 0 saturated carbocycles. The predicted octanol–water partition coefficient (Wildman–Crippen LogP) is 1.45. The summed E-state index contributed by atoms with van der Waals surface area (Å²) >= 11 is 0. The Labute approximate surface area is 101 Å². The number of hydrogen-bond donors (Lipinski definition) is 2. The van der Waals surface area contributed by atoms with Crippen molar-refractivity contribution in [2.45, 2.75) is 18.6 Å². The highest BCUT2D eigenvalue weighted by Gasteiger charge is 2.34. The lowest BCUT2D eigenvalue weighted by Crippen LogP contribution is -2.33. The SMILES string of the molecule is COC(=O)C(N)Cc1ccc(O)c(C(F)(F)F)c1. The van der Waals surface area contributed by atoms with Gasteiger partial charge in [-0.05, 0) is 24.1 Å². The first-order valence-electron chi connectivity index (χ1n) is 4.98. The van der Waals surface area contributed by atoms with Gasteiger partial charge in [-0.1, -0.05) is 6.07 Å². The summed E-state index contributed by atoms with van der Waals surface area (Å²) in [7, 11) is 1.14. The maximum Gasteiger partial charge on any atom is 0.419 e. The van der Waals surface area contributed by atoms with Crippen molar-refractivity contribution in [3.05, 3.63) is 29.3 Å². The second kappa shape index (κ2) is 5.26. The molecule has 0 heterocycles. The van der Waals surface area contributed by atoms with E-state index in [4.69, 9.17) is 10.8 Å². The molecule has 100 valence electrons. The molecule has 18 heavy (non-hydrogen) atoms. The van der Waals surface area contributed by atoms with E-state index in [9.17, 15) is 18.0 Å². The topological polar surface area (TPSA) is 72.5 Å². The Kier molecular flexibility index (Phi) is 4.18. The Morgan fingerprint density at radius 3 is 2.61 bits per heavy atom. The molecule has 0 aliphatic heterocycles. The van der Waals surface area contributed by atoms with E-state index in [2.05, 4.69) is 4.74 Å². The van der Waals surface area contributed by atoms with E-state index in [0.717, 1.165) is 19.2 Å². The van der Waals surface area contributed by atoms with Crippen LogP contribution in [0.2, 0.25) is 0 Å². The highest BCUT2D eigenvalue weighted by atomic mass is 19.4. The molecule has 0 spiro atoms. The summed E-state index contributed by atoms with van der Waals surface area (Å²) in [6.45, 7) is 0. The summed E-state index contributed by atoms with van der Waals surface area (Å²) < 4.78 is 41.9. The van der Waals surface area contributed by atoms with Crippen LogP contribution in [0.5, 0.6) is 5.75 Å². The monoisotopic (exact) mass is 263 g/mol. The molecule has 0 aromatic heterocycles. The van der Waals surface area contributed by atoms with Crippen molar-refractivity contribution < 1.29 is 27.8 Å². The Morgan fingerprint density at radius 2 is 2.11 bits per heavy atom. The van der Waals surface area contributed by atoms with Gasteiger partial charge in [-0.2, -0.15) is 13.2 Å². The lowest BCUT2D eigenvalue weighted by Gasteiger charge is -2.13.